The molecule has 10 heteroatoms. The molecule has 3 aromatic rings. The number of hydrogen-bond acceptors (Lipinski definition) is 5. The number of carbonyl (C=O) groups is 2. The van der Waals surface area contributed by atoms with Crippen LogP contribution in [0.1, 0.15) is 65.7 Å². The minimum atomic E-state index is -2.25. The number of carboxylic acid groups (broad SMARTS) is 1. The number of pyridine rings is 1. The number of nitrogens with zero attached hydrogens (tertiary/aromatic N) is 2. The molecule has 3 N–H and O–H groups in total. The van der Waals surface area contributed by atoms with Gasteiger partial charge in [-0.2, -0.15) is 4.31 Å². The maximum atomic E-state index is 12.9. The molecule has 2 aromatic heterocycles. The van der Waals surface area contributed by atoms with Crippen molar-refractivity contribution in [1.29, 1.82) is 0 Å². The van der Waals surface area contributed by atoms with Crippen LogP contribution in [0.25, 0.3) is 22.4 Å². The summed E-state index contributed by atoms with van der Waals surface area (Å²) >= 11 is -2.25. The number of carbonyl (C=O) groups excluding carboxylic acids is 1. The lowest BCUT2D eigenvalue weighted by Crippen LogP contribution is -2.28. The molecule has 0 saturated heterocycles. The predicted octanol–water partition coefficient (Wildman–Crippen LogP) is 4.48. The third-order valence-electron chi connectivity index (χ3n) is 6.59. The van der Waals surface area contributed by atoms with Crippen molar-refractivity contribution >= 4 is 34.2 Å². The van der Waals surface area contributed by atoms with Gasteiger partial charge in [0.25, 0.3) is 5.91 Å². The van der Waals surface area contributed by atoms with Crippen LogP contribution in [0.3, 0.4) is 0 Å². The Morgan fingerprint density at radius 2 is 1.97 bits per heavy atom. The molecule has 2 heterocycles. The van der Waals surface area contributed by atoms with Crippen molar-refractivity contribution in [3.05, 3.63) is 52.7 Å². The minimum Gasteiger partial charge on any atom is -0.481 e. The van der Waals surface area contributed by atoms with Gasteiger partial charge in [0, 0.05) is 19.2 Å². The molecule has 1 aliphatic rings. The fourth-order valence-electron chi connectivity index (χ4n) is 4.28. The topological polar surface area (TPSA) is 133 Å². The quantitative estimate of drug-likeness (QED) is 0.322. The van der Waals surface area contributed by atoms with Gasteiger partial charge in [-0.1, -0.05) is 36.8 Å². The number of amides is 1. The maximum Gasteiger partial charge on any atom is 0.306 e. The van der Waals surface area contributed by atoms with E-state index in [1.807, 2.05) is 37.3 Å². The zero-order valence-corrected chi connectivity index (χ0v) is 21.4. The Morgan fingerprint density at radius 3 is 2.56 bits per heavy atom. The smallest absolute Gasteiger partial charge is 0.306 e. The molecular formula is C26H31N3O6S. The first-order valence-corrected chi connectivity index (χ1v) is 13.1. The van der Waals surface area contributed by atoms with Gasteiger partial charge < -0.3 is 14.8 Å². The van der Waals surface area contributed by atoms with Crippen LogP contribution in [-0.4, -0.2) is 48.6 Å². The average molecular weight is 514 g/mol. The summed E-state index contributed by atoms with van der Waals surface area (Å²) in [5.74, 6) is -0.980. The van der Waals surface area contributed by atoms with E-state index >= 15 is 0 Å². The van der Waals surface area contributed by atoms with Crippen LogP contribution in [0.4, 0.5) is 0 Å². The molecule has 9 nitrogen and oxygen atoms in total. The number of aliphatic carboxylic acids is 1. The zero-order valence-electron chi connectivity index (χ0n) is 20.6. The summed E-state index contributed by atoms with van der Waals surface area (Å²) in [7, 11) is 1.57. The number of aryl methyl sites for hydroxylation is 1. The van der Waals surface area contributed by atoms with Crippen LogP contribution in [0, 0.1) is 12.8 Å². The van der Waals surface area contributed by atoms with Gasteiger partial charge in [0.05, 0.1) is 29.1 Å². The van der Waals surface area contributed by atoms with Gasteiger partial charge in [0.2, 0.25) is 17.0 Å². The van der Waals surface area contributed by atoms with E-state index < -0.39 is 23.2 Å². The number of carboxylic acids is 1. The second kappa shape index (κ2) is 10.9. The van der Waals surface area contributed by atoms with E-state index in [1.165, 1.54) is 4.31 Å². The summed E-state index contributed by atoms with van der Waals surface area (Å²) in [5.41, 5.74) is 4.14. The molecule has 1 aliphatic carbocycles. The summed E-state index contributed by atoms with van der Waals surface area (Å²) in [4.78, 5) is 28.7. The highest BCUT2D eigenvalue weighted by atomic mass is 32.2. The number of benzene rings is 1. The summed E-state index contributed by atoms with van der Waals surface area (Å²) < 4.78 is 29.5. The Balaban J connectivity index is 1.72. The third kappa shape index (κ3) is 5.66. The van der Waals surface area contributed by atoms with Crippen molar-refractivity contribution in [2.24, 2.45) is 5.92 Å². The molecule has 1 aromatic carbocycles. The summed E-state index contributed by atoms with van der Waals surface area (Å²) in [5, 5.41) is 12.4. The maximum absolute atomic E-state index is 12.9. The van der Waals surface area contributed by atoms with Gasteiger partial charge in [-0.05, 0) is 50.2 Å². The Bertz CT molecular complexity index is 1300. The lowest BCUT2D eigenvalue weighted by Gasteiger charge is -2.19. The molecule has 36 heavy (non-hydrogen) atoms. The highest BCUT2D eigenvalue weighted by Gasteiger charge is 2.31. The molecule has 1 saturated carbocycles. The molecule has 1 fully saturated rings. The summed E-state index contributed by atoms with van der Waals surface area (Å²) in [6, 6.07) is 9.63. The van der Waals surface area contributed by atoms with Gasteiger partial charge in [0.15, 0.2) is 0 Å². The highest BCUT2D eigenvalue weighted by Crippen LogP contribution is 2.44. The van der Waals surface area contributed by atoms with Crippen LogP contribution in [0.2, 0.25) is 0 Å². The predicted molar refractivity (Wildman–Crippen MR) is 137 cm³/mol. The lowest BCUT2D eigenvalue weighted by atomic mass is 10.0. The van der Waals surface area contributed by atoms with Crippen molar-refractivity contribution in [2.75, 3.05) is 13.6 Å². The number of hydrogen-bond donors (Lipinski definition) is 3. The van der Waals surface area contributed by atoms with Crippen molar-refractivity contribution < 1.29 is 27.9 Å². The molecule has 4 rings (SSSR count). The molecule has 0 bridgehead atoms. The van der Waals surface area contributed by atoms with Crippen molar-refractivity contribution in [2.45, 2.75) is 52.0 Å². The first-order chi connectivity index (χ1) is 17.2. The molecule has 1 amide bonds. The number of aromatic nitrogens is 1. The van der Waals surface area contributed by atoms with Crippen LogP contribution < -0.4 is 5.32 Å². The first-order valence-electron chi connectivity index (χ1n) is 12.0. The van der Waals surface area contributed by atoms with E-state index in [0.717, 1.165) is 29.5 Å². The van der Waals surface area contributed by atoms with Gasteiger partial charge in [0.1, 0.15) is 5.76 Å². The fourth-order valence-corrected chi connectivity index (χ4v) is 4.80. The molecule has 0 spiro atoms. The zero-order chi connectivity index (χ0) is 26.0. The molecule has 1 unspecified atom stereocenters. The average Bonchev–Trinajstić information content (AvgIpc) is 3.63. The Labute approximate surface area is 212 Å². The monoisotopic (exact) mass is 513 g/mol. The summed E-state index contributed by atoms with van der Waals surface area (Å²) in [6.07, 6.45) is 2.82. The third-order valence-corrected chi connectivity index (χ3v) is 7.35. The van der Waals surface area contributed by atoms with E-state index in [-0.39, 0.29) is 24.9 Å². The SMILES string of the molecule is CNC(=O)c1c(-c2ccc(C)cc2)oc2nc(CN(CCC[C@@H](C)C(=O)O)S(=O)O)c(C3CC3)cc12. The first kappa shape index (κ1) is 26.0. The van der Waals surface area contributed by atoms with Crippen molar-refractivity contribution in [3.63, 3.8) is 0 Å². The molecule has 2 atom stereocenters. The van der Waals surface area contributed by atoms with E-state index in [4.69, 9.17) is 14.5 Å². The number of furan rings is 1. The van der Waals surface area contributed by atoms with E-state index in [0.29, 0.717) is 41.0 Å². The normalized spacial score (nSPS) is 15.2. The standard InChI is InChI=1S/C26H31N3O6S/c1-15-6-8-18(9-7-15)23-22(24(30)27-3)20-13-19(17-10-11-17)21(28-25(20)35-23)14-29(36(33)34)12-4-5-16(2)26(31)32/h6-9,13,16-17H,4-5,10-12,14H2,1-3H3,(H,27,30)(H,31,32)(H,33,34)/t16-/m1/s1. The van der Waals surface area contributed by atoms with Gasteiger partial charge >= 0.3 is 5.97 Å². The summed E-state index contributed by atoms with van der Waals surface area (Å²) in [6.45, 7) is 3.97. The van der Waals surface area contributed by atoms with Gasteiger partial charge in [-0.15, -0.1) is 0 Å². The number of nitrogens with one attached hydrogen (secondary N) is 1. The molecule has 0 radical (unpaired) electrons. The van der Waals surface area contributed by atoms with Gasteiger partial charge in [-0.3, -0.25) is 14.1 Å². The highest BCUT2D eigenvalue weighted by molar-refractivity contribution is 7.76. The van der Waals surface area contributed by atoms with Crippen LogP contribution >= 0.6 is 0 Å². The van der Waals surface area contributed by atoms with Crippen molar-refractivity contribution in [1.82, 2.24) is 14.6 Å². The van der Waals surface area contributed by atoms with Crippen LogP contribution in [0.5, 0.6) is 0 Å². The Morgan fingerprint density at radius 1 is 1.28 bits per heavy atom. The number of fused-ring (bicyclic) bond motifs is 1. The van der Waals surface area contributed by atoms with Crippen molar-refractivity contribution in [3.8, 4) is 11.3 Å². The lowest BCUT2D eigenvalue weighted by molar-refractivity contribution is -0.141. The molecule has 192 valence electrons. The Hall–Kier alpha value is -3.08. The number of rotatable bonds is 11. The second-order valence-electron chi connectivity index (χ2n) is 9.38. The second-order valence-corrected chi connectivity index (χ2v) is 10.4. The van der Waals surface area contributed by atoms with E-state index in [9.17, 15) is 18.4 Å². The van der Waals surface area contributed by atoms with E-state index in [1.54, 1.807) is 14.0 Å². The Kier molecular flexibility index (Phi) is 7.87. The minimum absolute atomic E-state index is 0.113. The van der Waals surface area contributed by atoms with Crippen LogP contribution in [-0.2, 0) is 22.6 Å². The fraction of sp³-hybridized carbons (Fsp3) is 0.423. The van der Waals surface area contributed by atoms with E-state index in [2.05, 4.69) is 5.32 Å². The van der Waals surface area contributed by atoms with Crippen LogP contribution in [0.15, 0.2) is 34.7 Å². The molecule has 0 aliphatic heterocycles. The van der Waals surface area contributed by atoms with Gasteiger partial charge in [-0.25, -0.2) is 9.19 Å². The molecular weight excluding hydrogens is 482 g/mol. The largest absolute Gasteiger partial charge is 0.481 e.